The monoisotopic (exact) mass is 482 g/mol. The Bertz CT molecular complexity index is 1090. The van der Waals surface area contributed by atoms with Crippen LogP contribution in [-0.2, 0) is 9.47 Å². The fourth-order valence-corrected chi connectivity index (χ4v) is 4.40. The van der Waals surface area contributed by atoms with Gasteiger partial charge in [-0.1, -0.05) is 72.3 Å². The number of alkyl halides is 1. The Kier molecular flexibility index (Phi) is 7.77. The van der Waals surface area contributed by atoms with E-state index in [9.17, 15) is 0 Å². The molecule has 0 aliphatic carbocycles. The van der Waals surface area contributed by atoms with Gasteiger partial charge < -0.3 is 14.2 Å². The molecule has 1 heterocycles. The van der Waals surface area contributed by atoms with Gasteiger partial charge in [-0.2, -0.15) is 0 Å². The van der Waals surface area contributed by atoms with Crippen LogP contribution in [0.1, 0.15) is 37.0 Å². The molecule has 5 heteroatoms. The highest BCUT2D eigenvalue weighted by molar-refractivity contribution is 6.30. The van der Waals surface area contributed by atoms with E-state index in [2.05, 4.69) is 18.2 Å². The molecule has 0 amide bonds. The van der Waals surface area contributed by atoms with Gasteiger partial charge in [0.1, 0.15) is 18.5 Å². The zero-order valence-electron chi connectivity index (χ0n) is 18.9. The maximum Gasteiger partial charge on any atom is 0.163 e. The van der Waals surface area contributed by atoms with Gasteiger partial charge in [-0.25, -0.2) is 0 Å². The minimum absolute atomic E-state index is 0.118. The maximum atomic E-state index is 6.31. The molecule has 3 nitrogen and oxygen atoms in total. The Morgan fingerprint density at radius 1 is 0.939 bits per heavy atom. The number of ether oxygens (including phenoxy) is 3. The number of allylic oxidation sites excluding steroid dienone is 1. The highest BCUT2D eigenvalue weighted by atomic mass is 35.5. The van der Waals surface area contributed by atoms with E-state index in [0.29, 0.717) is 30.5 Å². The first-order chi connectivity index (χ1) is 16.0. The molecule has 33 heavy (non-hydrogen) atoms. The minimum Gasteiger partial charge on any atom is -0.490 e. The van der Waals surface area contributed by atoms with Gasteiger partial charge in [0.25, 0.3) is 0 Å². The Labute approximate surface area is 205 Å². The fourth-order valence-electron chi connectivity index (χ4n) is 4.08. The lowest BCUT2D eigenvalue weighted by Gasteiger charge is -2.21. The molecule has 1 aliphatic rings. The van der Waals surface area contributed by atoms with Crippen molar-refractivity contribution in [1.29, 1.82) is 0 Å². The summed E-state index contributed by atoms with van der Waals surface area (Å²) in [5.74, 6) is 0.717. The first kappa shape index (κ1) is 23.8. The van der Waals surface area contributed by atoms with Crippen molar-refractivity contribution in [3.05, 3.63) is 101 Å². The van der Waals surface area contributed by atoms with Crippen LogP contribution in [0.25, 0.3) is 11.1 Å². The van der Waals surface area contributed by atoms with Crippen molar-refractivity contribution in [2.24, 2.45) is 0 Å². The van der Waals surface area contributed by atoms with Crippen LogP contribution in [0.5, 0.6) is 5.75 Å². The number of hydrogen-bond acceptors (Lipinski definition) is 3. The standard InChI is InChI=1S/C28H28Cl2O3/c1-28(2)32-19-23(33-28)18-31-26-11-7-6-10-25(26)27(21-12-14-22(30)15-13-21)24(16-17-29)20-8-4-3-5-9-20/h3-15,23H,16-19H2,1-2H3/b27-24-. The summed E-state index contributed by atoms with van der Waals surface area (Å²) in [6.45, 7) is 4.75. The highest BCUT2D eigenvalue weighted by Gasteiger charge is 2.33. The molecule has 1 fully saturated rings. The molecule has 1 unspecified atom stereocenters. The first-order valence-corrected chi connectivity index (χ1v) is 12.0. The topological polar surface area (TPSA) is 27.7 Å². The number of hydrogen-bond donors (Lipinski definition) is 0. The molecule has 0 aromatic heterocycles. The van der Waals surface area contributed by atoms with Gasteiger partial charge in [0.05, 0.1) is 6.61 Å². The number of benzene rings is 3. The van der Waals surface area contributed by atoms with E-state index in [1.165, 1.54) is 0 Å². The van der Waals surface area contributed by atoms with Crippen LogP contribution in [0.15, 0.2) is 78.9 Å². The molecule has 0 saturated carbocycles. The second-order valence-electron chi connectivity index (χ2n) is 8.42. The molecule has 0 spiro atoms. The minimum atomic E-state index is -0.581. The second-order valence-corrected chi connectivity index (χ2v) is 9.24. The second kappa shape index (κ2) is 10.8. The molecule has 3 aromatic carbocycles. The van der Waals surface area contributed by atoms with Crippen molar-refractivity contribution in [1.82, 2.24) is 0 Å². The van der Waals surface area contributed by atoms with E-state index in [0.717, 1.165) is 33.6 Å². The van der Waals surface area contributed by atoms with Crippen LogP contribution in [0.4, 0.5) is 0 Å². The third kappa shape index (κ3) is 5.99. The summed E-state index contributed by atoms with van der Waals surface area (Å²) in [5.41, 5.74) is 5.43. The van der Waals surface area contributed by atoms with Gasteiger partial charge in [-0.15, -0.1) is 11.6 Å². The lowest BCUT2D eigenvalue weighted by Crippen LogP contribution is -2.25. The molecule has 0 radical (unpaired) electrons. The zero-order chi connectivity index (χ0) is 23.3. The molecule has 1 saturated heterocycles. The predicted octanol–water partition coefficient (Wildman–Crippen LogP) is 7.46. The molecule has 4 rings (SSSR count). The van der Waals surface area contributed by atoms with Crippen LogP contribution >= 0.6 is 23.2 Å². The van der Waals surface area contributed by atoms with Crippen LogP contribution < -0.4 is 4.74 Å². The van der Waals surface area contributed by atoms with Crippen molar-refractivity contribution in [3.63, 3.8) is 0 Å². The smallest absolute Gasteiger partial charge is 0.163 e. The molecule has 1 atom stereocenters. The summed E-state index contributed by atoms with van der Waals surface area (Å²) in [6.07, 6.45) is 0.596. The molecule has 0 N–H and O–H groups in total. The van der Waals surface area contributed by atoms with Crippen LogP contribution in [0.3, 0.4) is 0 Å². The molecule has 172 valence electrons. The van der Waals surface area contributed by atoms with Gasteiger partial charge in [-0.3, -0.25) is 0 Å². The van der Waals surface area contributed by atoms with Crippen molar-refractivity contribution in [2.75, 3.05) is 19.1 Å². The van der Waals surface area contributed by atoms with Crippen LogP contribution in [0.2, 0.25) is 5.02 Å². The van der Waals surface area contributed by atoms with Gasteiger partial charge in [-0.05, 0) is 60.7 Å². The molecular weight excluding hydrogens is 455 g/mol. The molecule has 1 aliphatic heterocycles. The van der Waals surface area contributed by atoms with Crippen molar-refractivity contribution in [3.8, 4) is 5.75 Å². The third-order valence-corrected chi connectivity index (χ3v) is 5.99. The van der Waals surface area contributed by atoms with E-state index >= 15 is 0 Å². The number of para-hydroxylation sites is 1. The van der Waals surface area contributed by atoms with Gasteiger partial charge in [0.15, 0.2) is 5.79 Å². The lowest BCUT2D eigenvalue weighted by molar-refractivity contribution is -0.141. The highest BCUT2D eigenvalue weighted by Crippen LogP contribution is 2.39. The summed E-state index contributed by atoms with van der Waals surface area (Å²) in [5, 5.41) is 0.697. The van der Waals surface area contributed by atoms with Crippen molar-refractivity contribution >= 4 is 34.3 Å². The normalized spacial score (nSPS) is 18.1. The SMILES string of the molecule is CC1(C)OCC(COc2ccccc2/C(=C(/CCCl)c2ccccc2)c2ccc(Cl)cc2)O1. The summed E-state index contributed by atoms with van der Waals surface area (Å²) in [6, 6.07) is 26.4. The van der Waals surface area contributed by atoms with E-state index < -0.39 is 5.79 Å². The Balaban J connectivity index is 1.79. The van der Waals surface area contributed by atoms with E-state index in [1.807, 2.05) is 74.5 Å². The average Bonchev–Trinajstić information content (AvgIpc) is 3.18. The first-order valence-electron chi connectivity index (χ1n) is 11.1. The maximum absolute atomic E-state index is 6.31. The Morgan fingerprint density at radius 2 is 1.64 bits per heavy atom. The third-order valence-electron chi connectivity index (χ3n) is 5.55. The zero-order valence-corrected chi connectivity index (χ0v) is 20.4. The summed E-state index contributed by atoms with van der Waals surface area (Å²) in [4.78, 5) is 0. The largest absolute Gasteiger partial charge is 0.490 e. The van der Waals surface area contributed by atoms with E-state index in [1.54, 1.807) is 0 Å². The lowest BCUT2D eigenvalue weighted by atomic mass is 9.88. The van der Waals surface area contributed by atoms with E-state index in [4.69, 9.17) is 37.4 Å². The van der Waals surface area contributed by atoms with Crippen LogP contribution in [0, 0.1) is 0 Å². The molecular formula is C28H28Cl2O3. The summed E-state index contributed by atoms with van der Waals surface area (Å²) in [7, 11) is 0. The van der Waals surface area contributed by atoms with Gasteiger partial charge in [0.2, 0.25) is 0 Å². The summed E-state index contributed by atoms with van der Waals surface area (Å²) < 4.78 is 17.9. The van der Waals surface area contributed by atoms with Crippen molar-refractivity contribution < 1.29 is 14.2 Å². The van der Waals surface area contributed by atoms with Crippen LogP contribution in [-0.4, -0.2) is 31.0 Å². The number of halogens is 2. The van der Waals surface area contributed by atoms with Gasteiger partial charge in [0, 0.05) is 16.5 Å². The molecule has 0 bridgehead atoms. The van der Waals surface area contributed by atoms with Gasteiger partial charge >= 0.3 is 0 Å². The fraction of sp³-hybridized carbons (Fsp3) is 0.286. The quantitative estimate of drug-likeness (QED) is 0.246. The summed E-state index contributed by atoms with van der Waals surface area (Å²) >= 11 is 12.5. The Hall–Kier alpha value is -2.30. The predicted molar refractivity (Wildman–Crippen MR) is 136 cm³/mol. The van der Waals surface area contributed by atoms with E-state index in [-0.39, 0.29) is 6.10 Å². The molecule has 3 aromatic rings. The Morgan fingerprint density at radius 3 is 2.30 bits per heavy atom. The van der Waals surface area contributed by atoms with Crippen molar-refractivity contribution in [2.45, 2.75) is 32.2 Å². The number of rotatable bonds is 8. The average molecular weight is 483 g/mol.